The topological polar surface area (TPSA) is 41.5 Å². The average Bonchev–Trinajstić information content (AvgIpc) is 2.41. The molecule has 0 saturated carbocycles. The van der Waals surface area contributed by atoms with Crippen LogP contribution in [0.3, 0.4) is 0 Å². The van der Waals surface area contributed by atoms with Gasteiger partial charge in [-0.25, -0.2) is 5.43 Å². The van der Waals surface area contributed by atoms with E-state index in [4.69, 9.17) is 11.6 Å². The van der Waals surface area contributed by atoms with Crippen LogP contribution in [0.1, 0.15) is 21.5 Å². The first-order valence-electron chi connectivity index (χ1n) is 5.91. The molecule has 2 aromatic rings. The quantitative estimate of drug-likeness (QED) is 0.654. The van der Waals surface area contributed by atoms with E-state index in [0.29, 0.717) is 10.6 Å². The van der Waals surface area contributed by atoms with Crippen LogP contribution in [0.2, 0.25) is 5.02 Å². The number of benzene rings is 2. The normalized spacial score (nSPS) is 10.8. The lowest BCUT2D eigenvalue weighted by molar-refractivity contribution is 0.0955. The number of nitrogens with one attached hydrogen (secondary N) is 1. The Hall–Kier alpha value is -1.65. The second kappa shape index (κ2) is 6.68. The highest BCUT2D eigenvalue weighted by Crippen LogP contribution is 2.17. The second-order valence-electron chi connectivity index (χ2n) is 4.23. The zero-order valence-corrected chi connectivity index (χ0v) is 13.1. The molecule has 0 saturated heterocycles. The summed E-state index contributed by atoms with van der Waals surface area (Å²) in [6, 6.07) is 12.8. The third-order valence-electron chi connectivity index (χ3n) is 2.62. The van der Waals surface area contributed by atoms with Crippen LogP contribution < -0.4 is 5.43 Å². The number of nitrogens with zero attached hydrogens (tertiary/aromatic N) is 1. The van der Waals surface area contributed by atoms with Crippen LogP contribution in [-0.2, 0) is 0 Å². The van der Waals surface area contributed by atoms with Gasteiger partial charge in [-0.2, -0.15) is 5.10 Å². The van der Waals surface area contributed by atoms with Gasteiger partial charge in [0.25, 0.3) is 5.91 Å². The van der Waals surface area contributed by atoms with Gasteiger partial charge in [-0.15, -0.1) is 0 Å². The molecule has 0 aromatic heterocycles. The van der Waals surface area contributed by atoms with E-state index < -0.39 is 0 Å². The van der Waals surface area contributed by atoms with Gasteiger partial charge in [-0.1, -0.05) is 45.7 Å². The molecule has 0 aliphatic heterocycles. The molecule has 20 heavy (non-hydrogen) atoms. The van der Waals surface area contributed by atoms with Crippen LogP contribution in [0.25, 0.3) is 0 Å². The van der Waals surface area contributed by atoms with Crippen molar-refractivity contribution >= 4 is 39.7 Å². The van der Waals surface area contributed by atoms with Crippen molar-refractivity contribution in [1.29, 1.82) is 0 Å². The molecular weight excluding hydrogens is 340 g/mol. The first-order valence-corrected chi connectivity index (χ1v) is 7.08. The summed E-state index contributed by atoms with van der Waals surface area (Å²) in [6.07, 6.45) is 1.58. The molecule has 0 unspecified atom stereocenters. The van der Waals surface area contributed by atoms with Gasteiger partial charge in [0.15, 0.2) is 0 Å². The second-order valence-corrected chi connectivity index (χ2v) is 5.56. The summed E-state index contributed by atoms with van der Waals surface area (Å²) < 4.78 is 0.991. The van der Waals surface area contributed by atoms with E-state index in [2.05, 4.69) is 26.5 Å². The van der Waals surface area contributed by atoms with E-state index in [9.17, 15) is 4.79 Å². The van der Waals surface area contributed by atoms with Gasteiger partial charge in [-0.05, 0) is 42.3 Å². The predicted octanol–water partition coefficient (Wildman–Crippen LogP) is 4.17. The molecule has 0 aliphatic rings. The number of hydrogen-bond acceptors (Lipinski definition) is 2. The fraction of sp³-hybridized carbons (Fsp3) is 0.0667. The van der Waals surface area contributed by atoms with Gasteiger partial charge in [0, 0.05) is 4.47 Å². The van der Waals surface area contributed by atoms with Crippen LogP contribution >= 0.6 is 27.5 Å². The molecule has 5 heteroatoms. The first kappa shape index (κ1) is 14.8. The fourth-order valence-electron chi connectivity index (χ4n) is 1.58. The van der Waals surface area contributed by atoms with E-state index in [0.717, 1.165) is 15.6 Å². The van der Waals surface area contributed by atoms with Gasteiger partial charge < -0.3 is 0 Å². The lowest BCUT2D eigenvalue weighted by Crippen LogP contribution is -2.18. The van der Waals surface area contributed by atoms with Crippen molar-refractivity contribution in [2.24, 2.45) is 5.10 Å². The standard InChI is InChI=1S/C15H12BrClN2O/c1-10-2-7-13(14(17)8-10)15(20)19-18-9-11-3-5-12(16)6-4-11/h2-9H,1H3,(H,19,20)/b18-9+. The Morgan fingerprint density at radius 2 is 1.95 bits per heavy atom. The maximum atomic E-state index is 11.9. The summed E-state index contributed by atoms with van der Waals surface area (Å²) in [7, 11) is 0. The molecule has 0 heterocycles. The molecule has 102 valence electrons. The van der Waals surface area contributed by atoms with Crippen LogP contribution in [0, 0.1) is 6.92 Å². The summed E-state index contributed by atoms with van der Waals surface area (Å²) in [5.41, 5.74) is 4.76. The van der Waals surface area contributed by atoms with Crippen molar-refractivity contribution in [1.82, 2.24) is 5.43 Å². The number of hydrazone groups is 1. The van der Waals surface area contributed by atoms with Crippen LogP contribution in [0.4, 0.5) is 0 Å². The fourth-order valence-corrected chi connectivity index (χ4v) is 2.16. The van der Waals surface area contributed by atoms with E-state index >= 15 is 0 Å². The third kappa shape index (κ3) is 3.92. The lowest BCUT2D eigenvalue weighted by Gasteiger charge is -2.03. The molecule has 0 radical (unpaired) electrons. The summed E-state index contributed by atoms with van der Waals surface area (Å²) in [5, 5.41) is 4.33. The van der Waals surface area contributed by atoms with Crippen molar-refractivity contribution < 1.29 is 4.79 Å². The summed E-state index contributed by atoms with van der Waals surface area (Å²) in [5.74, 6) is -0.330. The predicted molar refractivity (Wildman–Crippen MR) is 85.4 cm³/mol. The zero-order valence-electron chi connectivity index (χ0n) is 10.7. The molecule has 0 fully saturated rings. The Balaban J connectivity index is 2.03. The number of hydrogen-bond donors (Lipinski definition) is 1. The Morgan fingerprint density at radius 3 is 2.60 bits per heavy atom. The number of aryl methyl sites for hydroxylation is 1. The Bertz CT molecular complexity index is 653. The third-order valence-corrected chi connectivity index (χ3v) is 3.46. The zero-order chi connectivity index (χ0) is 14.5. The van der Waals surface area contributed by atoms with Gasteiger partial charge >= 0.3 is 0 Å². The highest BCUT2D eigenvalue weighted by atomic mass is 79.9. The summed E-state index contributed by atoms with van der Waals surface area (Å²) in [4.78, 5) is 11.9. The molecule has 1 N–H and O–H groups in total. The van der Waals surface area contributed by atoms with Crippen molar-refractivity contribution in [3.05, 3.63) is 68.7 Å². The van der Waals surface area contributed by atoms with Crippen molar-refractivity contribution in [3.63, 3.8) is 0 Å². The molecule has 3 nitrogen and oxygen atoms in total. The molecule has 2 aromatic carbocycles. The Kier molecular flexibility index (Phi) is 4.93. The number of halogens is 2. The molecule has 0 atom stereocenters. The van der Waals surface area contributed by atoms with E-state index in [1.807, 2.05) is 37.3 Å². The number of rotatable bonds is 3. The highest BCUT2D eigenvalue weighted by Gasteiger charge is 2.08. The van der Waals surface area contributed by atoms with Crippen molar-refractivity contribution in [2.75, 3.05) is 0 Å². The molecular formula is C15H12BrClN2O. The van der Waals surface area contributed by atoms with Gasteiger partial charge in [0.05, 0.1) is 16.8 Å². The SMILES string of the molecule is Cc1ccc(C(=O)N/N=C/c2ccc(Br)cc2)c(Cl)c1. The first-order chi connectivity index (χ1) is 9.56. The number of carbonyl (C=O) groups excluding carboxylic acids is 1. The largest absolute Gasteiger partial charge is 0.272 e. The van der Waals surface area contributed by atoms with Gasteiger partial charge in [0.1, 0.15) is 0 Å². The maximum absolute atomic E-state index is 11.9. The van der Waals surface area contributed by atoms with Gasteiger partial charge in [-0.3, -0.25) is 4.79 Å². The molecule has 2 rings (SSSR count). The minimum absolute atomic E-state index is 0.330. The molecule has 0 spiro atoms. The molecule has 0 aliphatic carbocycles. The highest BCUT2D eigenvalue weighted by molar-refractivity contribution is 9.10. The van der Waals surface area contributed by atoms with Crippen LogP contribution in [-0.4, -0.2) is 12.1 Å². The van der Waals surface area contributed by atoms with Crippen LogP contribution in [0.5, 0.6) is 0 Å². The molecule has 0 bridgehead atoms. The minimum atomic E-state index is -0.330. The summed E-state index contributed by atoms with van der Waals surface area (Å²) >= 11 is 9.37. The summed E-state index contributed by atoms with van der Waals surface area (Å²) in [6.45, 7) is 1.92. The van der Waals surface area contributed by atoms with Crippen molar-refractivity contribution in [2.45, 2.75) is 6.92 Å². The Labute approximate surface area is 130 Å². The van der Waals surface area contributed by atoms with E-state index in [1.54, 1.807) is 18.3 Å². The monoisotopic (exact) mass is 350 g/mol. The smallest absolute Gasteiger partial charge is 0.267 e. The lowest BCUT2D eigenvalue weighted by atomic mass is 10.1. The Morgan fingerprint density at radius 1 is 1.25 bits per heavy atom. The number of amides is 1. The van der Waals surface area contributed by atoms with E-state index in [1.165, 1.54) is 0 Å². The minimum Gasteiger partial charge on any atom is -0.267 e. The van der Waals surface area contributed by atoms with E-state index in [-0.39, 0.29) is 5.91 Å². The maximum Gasteiger partial charge on any atom is 0.272 e. The van der Waals surface area contributed by atoms with Crippen molar-refractivity contribution in [3.8, 4) is 0 Å². The van der Waals surface area contributed by atoms with Gasteiger partial charge in [0.2, 0.25) is 0 Å². The average molecular weight is 352 g/mol. The molecule has 1 amide bonds. The number of carbonyl (C=O) groups is 1. The van der Waals surface area contributed by atoms with Crippen LogP contribution in [0.15, 0.2) is 52.0 Å².